The van der Waals surface area contributed by atoms with Gasteiger partial charge in [0, 0.05) is 44.0 Å². The van der Waals surface area contributed by atoms with Crippen LogP contribution in [-0.4, -0.2) is 38.9 Å². The predicted octanol–water partition coefficient (Wildman–Crippen LogP) is 4.44. The molecule has 176 valence electrons. The number of nitrogens with zero attached hydrogens (tertiary/aromatic N) is 6. The molecule has 0 N–H and O–H groups in total. The third-order valence-corrected chi connectivity index (χ3v) is 5.48. The number of hydrogen-bond donors (Lipinski definition) is 0. The van der Waals surface area contributed by atoms with Crippen molar-refractivity contribution in [2.75, 3.05) is 11.4 Å². The van der Waals surface area contributed by atoms with Gasteiger partial charge in [0.25, 0.3) is 5.91 Å². The Balaban J connectivity index is 1.71. The SMILES string of the molecule is C=NO/C(=C\Cc1cnccn1)c1cnn2c1C(=O)N(c1ccc(C(F)(F)F)c(C)c1)C[C@@H]2C. The van der Waals surface area contributed by atoms with Crippen LogP contribution in [0.4, 0.5) is 18.9 Å². The third kappa shape index (κ3) is 4.41. The largest absolute Gasteiger partial charge is 0.416 e. The number of benzene rings is 1. The zero-order chi connectivity index (χ0) is 24.5. The maximum atomic E-state index is 13.5. The molecule has 34 heavy (non-hydrogen) atoms. The van der Waals surface area contributed by atoms with Crippen LogP contribution < -0.4 is 4.90 Å². The Bertz CT molecular complexity index is 1250. The van der Waals surface area contributed by atoms with Crippen LogP contribution in [-0.2, 0) is 17.4 Å². The molecule has 4 rings (SSSR count). The number of rotatable bonds is 6. The third-order valence-electron chi connectivity index (χ3n) is 5.48. The van der Waals surface area contributed by atoms with Gasteiger partial charge in [-0.2, -0.15) is 18.3 Å². The van der Waals surface area contributed by atoms with Gasteiger partial charge < -0.3 is 9.74 Å². The lowest BCUT2D eigenvalue weighted by molar-refractivity contribution is -0.138. The molecule has 0 bridgehead atoms. The highest BCUT2D eigenvalue weighted by atomic mass is 19.4. The summed E-state index contributed by atoms with van der Waals surface area (Å²) in [7, 11) is 0. The first-order valence-electron chi connectivity index (χ1n) is 10.4. The lowest BCUT2D eigenvalue weighted by Gasteiger charge is -2.32. The molecular formula is C23H21F3N6O2. The molecule has 0 saturated heterocycles. The standard InChI is InChI=1S/C23H21F3N6O2/c1-14-10-17(5-6-19(14)23(24,25)26)31-13-15(2)32-21(22(31)33)18(12-30-32)20(34-27-3)7-4-16-11-28-8-9-29-16/h5-12,15H,3-4,13H2,1-2H3/b20-7-/t15-/m0/s1. The van der Waals surface area contributed by atoms with Crippen molar-refractivity contribution in [1.82, 2.24) is 19.7 Å². The van der Waals surface area contributed by atoms with E-state index < -0.39 is 17.6 Å². The van der Waals surface area contributed by atoms with Crippen molar-refractivity contribution in [3.05, 3.63) is 77.1 Å². The maximum Gasteiger partial charge on any atom is 0.416 e. The molecule has 0 fully saturated rings. The molecule has 2 aromatic heterocycles. The number of hydrogen-bond acceptors (Lipinski definition) is 6. The average Bonchev–Trinajstić information content (AvgIpc) is 3.25. The van der Waals surface area contributed by atoms with Crippen LogP contribution in [0.3, 0.4) is 0 Å². The second kappa shape index (κ2) is 9.08. The molecular weight excluding hydrogens is 449 g/mol. The number of allylic oxidation sites excluding steroid dienone is 1. The Labute approximate surface area is 193 Å². The summed E-state index contributed by atoms with van der Waals surface area (Å²) < 4.78 is 41.2. The van der Waals surface area contributed by atoms with Crippen LogP contribution >= 0.6 is 0 Å². The van der Waals surface area contributed by atoms with Crippen LogP contribution in [0.2, 0.25) is 0 Å². The van der Waals surface area contributed by atoms with E-state index in [1.807, 2.05) is 6.92 Å². The Morgan fingerprint density at radius 1 is 1.32 bits per heavy atom. The minimum absolute atomic E-state index is 0.0357. The van der Waals surface area contributed by atoms with E-state index in [2.05, 4.69) is 26.9 Å². The van der Waals surface area contributed by atoms with Gasteiger partial charge >= 0.3 is 6.18 Å². The van der Waals surface area contributed by atoms with E-state index in [1.54, 1.807) is 29.3 Å². The smallest absolute Gasteiger partial charge is 0.357 e. The monoisotopic (exact) mass is 470 g/mol. The van der Waals surface area contributed by atoms with Crippen molar-refractivity contribution in [2.24, 2.45) is 5.16 Å². The van der Waals surface area contributed by atoms with Crippen LogP contribution in [0.15, 0.2) is 54.2 Å². The summed E-state index contributed by atoms with van der Waals surface area (Å²) in [6.45, 7) is 6.84. The summed E-state index contributed by atoms with van der Waals surface area (Å²) in [4.78, 5) is 28.5. The molecule has 11 heteroatoms. The molecule has 1 aliphatic heterocycles. The van der Waals surface area contributed by atoms with Gasteiger partial charge in [0.2, 0.25) is 0 Å². The van der Waals surface area contributed by atoms with E-state index in [0.717, 1.165) is 6.07 Å². The highest BCUT2D eigenvalue weighted by Crippen LogP contribution is 2.36. The number of alkyl halides is 3. The van der Waals surface area contributed by atoms with Crippen molar-refractivity contribution < 1.29 is 22.8 Å². The van der Waals surface area contributed by atoms with Gasteiger partial charge in [-0.05, 0) is 43.7 Å². The van der Waals surface area contributed by atoms with E-state index in [1.165, 1.54) is 30.2 Å². The molecule has 0 radical (unpaired) electrons. The number of carbonyl (C=O) groups excluding carboxylic acids is 1. The first-order valence-corrected chi connectivity index (χ1v) is 10.4. The maximum absolute atomic E-state index is 13.5. The molecule has 0 unspecified atom stereocenters. The van der Waals surface area contributed by atoms with E-state index >= 15 is 0 Å². The van der Waals surface area contributed by atoms with Gasteiger partial charge in [-0.25, -0.2) is 0 Å². The number of halogens is 3. The molecule has 0 aliphatic carbocycles. The van der Waals surface area contributed by atoms with Gasteiger partial charge in [-0.3, -0.25) is 19.4 Å². The fourth-order valence-electron chi connectivity index (χ4n) is 3.90. The second-order valence-electron chi connectivity index (χ2n) is 7.80. The number of oxime groups is 1. The lowest BCUT2D eigenvalue weighted by atomic mass is 10.0. The topological polar surface area (TPSA) is 85.5 Å². The predicted molar refractivity (Wildman–Crippen MR) is 119 cm³/mol. The Kier molecular flexibility index (Phi) is 6.18. The van der Waals surface area contributed by atoms with Gasteiger partial charge in [-0.1, -0.05) is 5.16 Å². The zero-order valence-electron chi connectivity index (χ0n) is 18.5. The van der Waals surface area contributed by atoms with Crippen molar-refractivity contribution in [3.63, 3.8) is 0 Å². The second-order valence-corrected chi connectivity index (χ2v) is 7.80. The molecule has 3 heterocycles. The lowest BCUT2D eigenvalue weighted by Crippen LogP contribution is -2.43. The van der Waals surface area contributed by atoms with E-state index in [9.17, 15) is 18.0 Å². The number of anilines is 1. The molecule has 1 aliphatic rings. The Morgan fingerprint density at radius 3 is 2.76 bits per heavy atom. The summed E-state index contributed by atoms with van der Waals surface area (Å²) in [5.74, 6) is -0.157. The number of fused-ring (bicyclic) bond motifs is 1. The number of amides is 1. The van der Waals surface area contributed by atoms with E-state index in [4.69, 9.17) is 4.84 Å². The van der Waals surface area contributed by atoms with Crippen LogP contribution in [0, 0.1) is 6.92 Å². The molecule has 0 spiro atoms. The fourth-order valence-corrected chi connectivity index (χ4v) is 3.90. The number of aromatic nitrogens is 4. The molecule has 8 nitrogen and oxygen atoms in total. The quantitative estimate of drug-likeness (QED) is 0.302. The summed E-state index contributed by atoms with van der Waals surface area (Å²) in [6, 6.07) is 3.43. The normalized spacial score (nSPS) is 16.4. The van der Waals surface area contributed by atoms with Crippen molar-refractivity contribution in [2.45, 2.75) is 32.5 Å². The van der Waals surface area contributed by atoms with Crippen molar-refractivity contribution in [3.8, 4) is 0 Å². The van der Waals surface area contributed by atoms with Gasteiger partial charge in [0.05, 0.1) is 29.1 Å². The minimum atomic E-state index is -4.47. The molecule has 3 aromatic rings. The molecule has 1 aromatic carbocycles. The van der Waals surface area contributed by atoms with Crippen molar-refractivity contribution in [1.29, 1.82) is 0 Å². The first-order chi connectivity index (χ1) is 16.2. The number of carbonyl (C=O) groups is 1. The summed E-state index contributed by atoms with van der Waals surface area (Å²) in [5, 5.41) is 7.84. The van der Waals surface area contributed by atoms with Gasteiger partial charge in [-0.15, -0.1) is 0 Å². The highest BCUT2D eigenvalue weighted by Gasteiger charge is 2.36. The fraction of sp³-hybridized carbons (Fsp3) is 0.261. The van der Waals surface area contributed by atoms with Crippen LogP contribution in [0.5, 0.6) is 0 Å². The van der Waals surface area contributed by atoms with E-state index in [0.29, 0.717) is 23.4 Å². The summed E-state index contributed by atoms with van der Waals surface area (Å²) >= 11 is 0. The molecule has 1 amide bonds. The molecule has 1 atom stereocenters. The summed E-state index contributed by atoms with van der Waals surface area (Å²) in [5.41, 5.74) is 0.975. The van der Waals surface area contributed by atoms with Crippen LogP contribution in [0.25, 0.3) is 5.76 Å². The summed E-state index contributed by atoms with van der Waals surface area (Å²) in [6.07, 6.45) is 3.80. The Hall–Kier alpha value is -4.02. The van der Waals surface area contributed by atoms with Crippen LogP contribution in [0.1, 0.15) is 45.8 Å². The van der Waals surface area contributed by atoms with Gasteiger partial charge in [0.15, 0.2) is 5.76 Å². The van der Waals surface area contributed by atoms with Gasteiger partial charge in [0.1, 0.15) is 5.69 Å². The number of aryl methyl sites for hydroxylation is 1. The molecule has 0 saturated carbocycles. The average molecular weight is 470 g/mol. The zero-order valence-corrected chi connectivity index (χ0v) is 18.5. The van der Waals surface area contributed by atoms with E-state index in [-0.39, 0.29) is 29.6 Å². The highest BCUT2D eigenvalue weighted by molar-refractivity contribution is 6.08. The minimum Gasteiger partial charge on any atom is -0.357 e. The van der Waals surface area contributed by atoms with Crippen molar-refractivity contribution >= 4 is 24.1 Å². The first kappa shape index (κ1) is 23.1. The Morgan fingerprint density at radius 2 is 2.12 bits per heavy atom.